The molecule has 0 aliphatic carbocycles. The van der Waals surface area contributed by atoms with E-state index in [1.54, 1.807) is 6.07 Å². The lowest BCUT2D eigenvalue weighted by Crippen LogP contribution is -2.09. The third kappa shape index (κ3) is 2.75. The highest BCUT2D eigenvalue weighted by Gasteiger charge is 2.11. The van der Waals surface area contributed by atoms with Gasteiger partial charge in [-0.15, -0.1) is 5.10 Å². The van der Waals surface area contributed by atoms with Crippen LogP contribution in [0.15, 0.2) is 36.5 Å². The van der Waals surface area contributed by atoms with Gasteiger partial charge in [-0.25, -0.2) is 4.79 Å². The van der Waals surface area contributed by atoms with Gasteiger partial charge in [-0.2, -0.15) is 5.10 Å². The van der Waals surface area contributed by atoms with Crippen molar-refractivity contribution in [1.29, 1.82) is 0 Å². The van der Waals surface area contributed by atoms with E-state index in [4.69, 9.17) is 16.7 Å². The first-order chi connectivity index (χ1) is 8.68. The van der Waals surface area contributed by atoms with Crippen LogP contribution in [-0.2, 0) is 6.54 Å². The fourth-order valence-corrected chi connectivity index (χ4v) is 1.66. The molecule has 5 nitrogen and oxygen atoms in total. The Morgan fingerprint density at radius 2 is 2.11 bits per heavy atom. The van der Waals surface area contributed by atoms with E-state index < -0.39 is 5.97 Å². The number of nitrogens with zero attached hydrogens (tertiary/aromatic N) is 2. The number of hydrogen-bond donors (Lipinski definition) is 2. The summed E-state index contributed by atoms with van der Waals surface area (Å²) >= 11 is 6.00. The van der Waals surface area contributed by atoms with Crippen LogP contribution < -0.4 is 5.32 Å². The van der Waals surface area contributed by atoms with Gasteiger partial charge >= 0.3 is 5.97 Å². The number of benzene rings is 1. The standard InChI is InChI=1S/C12H10ClN3O2/c13-10-4-2-1-3-8(10)7-14-11-9(12(17)18)5-6-15-16-11/h1-6H,7H2,(H,14,16)(H,17,18). The largest absolute Gasteiger partial charge is 0.478 e. The molecule has 0 aliphatic rings. The molecule has 0 atom stereocenters. The minimum absolute atomic E-state index is 0.0806. The molecule has 2 rings (SSSR count). The average molecular weight is 264 g/mol. The van der Waals surface area contributed by atoms with Gasteiger partial charge in [0.05, 0.1) is 6.20 Å². The highest BCUT2D eigenvalue weighted by molar-refractivity contribution is 6.31. The Kier molecular flexibility index (Phi) is 3.74. The van der Waals surface area contributed by atoms with E-state index in [2.05, 4.69) is 15.5 Å². The molecule has 0 spiro atoms. The quantitative estimate of drug-likeness (QED) is 0.886. The number of carbonyl (C=O) groups is 1. The molecule has 18 heavy (non-hydrogen) atoms. The van der Waals surface area contributed by atoms with Crippen molar-refractivity contribution in [3.63, 3.8) is 0 Å². The number of aromatic carboxylic acids is 1. The van der Waals surface area contributed by atoms with Gasteiger partial charge in [0.1, 0.15) is 5.56 Å². The monoisotopic (exact) mass is 263 g/mol. The van der Waals surface area contributed by atoms with E-state index in [0.717, 1.165) is 5.56 Å². The molecule has 2 N–H and O–H groups in total. The fraction of sp³-hybridized carbons (Fsp3) is 0.0833. The maximum Gasteiger partial charge on any atom is 0.339 e. The molecule has 0 bridgehead atoms. The number of anilines is 1. The van der Waals surface area contributed by atoms with Crippen LogP contribution in [-0.4, -0.2) is 21.3 Å². The SMILES string of the molecule is O=C(O)c1ccnnc1NCc1ccccc1Cl. The highest BCUT2D eigenvalue weighted by Crippen LogP contribution is 2.17. The van der Waals surface area contributed by atoms with Gasteiger partial charge in [0.15, 0.2) is 5.82 Å². The molecule has 1 aromatic carbocycles. The minimum atomic E-state index is -1.05. The van der Waals surface area contributed by atoms with E-state index >= 15 is 0 Å². The van der Waals surface area contributed by atoms with Crippen LogP contribution in [0.1, 0.15) is 15.9 Å². The zero-order valence-electron chi connectivity index (χ0n) is 9.30. The normalized spacial score (nSPS) is 10.1. The predicted octanol–water partition coefficient (Wildman–Crippen LogP) is 2.44. The van der Waals surface area contributed by atoms with Crippen molar-refractivity contribution in [2.75, 3.05) is 5.32 Å². The van der Waals surface area contributed by atoms with Gasteiger partial charge in [0, 0.05) is 11.6 Å². The van der Waals surface area contributed by atoms with Gasteiger partial charge in [-0.05, 0) is 17.7 Å². The molecule has 0 amide bonds. The topological polar surface area (TPSA) is 75.1 Å². The lowest BCUT2D eigenvalue weighted by Gasteiger charge is -2.08. The number of rotatable bonds is 4. The lowest BCUT2D eigenvalue weighted by atomic mass is 10.2. The van der Waals surface area contributed by atoms with E-state index in [1.807, 2.05) is 18.2 Å². The van der Waals surface area contributed by atoms with Gasteiger partial charge in [0.25, 0.3) is 0 Å². The van der Waals surface area contributed by atoms with Crippen LogP contribution >= 0.6 is 11.6 Å². The molecule has 2 aromatic rings. The minimum Gasteiger partial charge on any atom is -0.478 e. The molecule has 0 saturated heterocycles. The summed E-state index contributed by atoms with van der Waals surface area (Å²) in [5.41, 5.74) is 0.943. The number of hydrogen-bond acceptors (Lipinski definition) is 4. The number of carboxylic acid groups (broad SMARTS) is 1. The second-order valence-electron chi connectivity index (χ2n) is 3.54. The summed E-state index contributed by atoms with van der Waals surface area (Å²) in [7, 11) is 0. The molecule has 0 saturated carbocycles. The Morgan fingerprint density at radius 3 is 2.83 bits per heavy atom. The Morgan fingerprint density at radius 1 is 1.33 bits per heavy atom. The summed E-state index contributed by atoms with van der Waals surface area (Å²) in [6, 6.07) is 8.71. The zero-order valence-corrected chi connectivity index (χ0v) is 10.1. The van der Waals surface area contributed by atoms with Crippen molar-refractivity contribution in [1.82, 2.24) is 10.2 Å². The van der Waals surface area contributed by atoms with Crippen LogP contribution in [0.4, 0.5) is 5.82 Å². The maximum atomic E-state index is 11.0. The first-order valence-corrected chi connectivity index (χ1v) is 5.58. The van der Waals surface area contributed by atoms with Crippen LogP contribution in [0.5, 0.6) is 0 Å². The average Bonchev–Trinajstić information content (AvgIpc) is 2.38. The summed E-state index contributed by atoms with van der Waals surface area (Å²) in [6.45, 7) is 0.388. The molecule has 0 unspecified atom stereocenters. The van der Waals surface area contributed by atoms with E-state index in [-0.39, 0.29) is 11.4 Å². The third-order valence-electron chi connectivity index (χ3n) is 2.36. The summed E-state index contributed by atoms with van der Waals surface area (Å²) in [4.78, 5) is 11.0. The van der Waals surface area contributed by atoms with Gasteiger partial charge in [-0.3, -0.25) is 0 Å². The van der Waals surface area contributed by atoms with E-state index in [1.165, 1.54) is 12.3 Å². The van der Waals surface area contributed by atoms with Crippen molar-refractivity contribution < 1.29 is 9.90 Å². The van der Waals surface area contributed by atoms with E-state index in [9.17, 15) is 4.79 Å². The van der Waals surface area contributed by atoms with Crippen LogP contribution in [0, 0.1) is 0 Å². The molecule has 0 radical (unpaired) electrons. The molecule has 6 heteroatoms. The van der Waals surface area contributed by atoms with Gasteiger partial charge in [0.2, 0.25) is 0 Å². The first kappa shape index (κ1) is 12.3. The number of carboxylic acids is 1. The summed E-state index contributed by atoms with van der Waals surface area (Å²) in [5.74, 6) is -0.823. The molecule has 1 heterocycles. The maximum absolute atomic E-state index is 11.0. The molecule has 0 fully saturated rings. The van der Waals surface area contributed by atoms with Crippen LogP contribution in [0.25, 0.3) is 0 Å². The molecular weight excluding hydrogens is 254 g/mol. The van der Waals surface area contributed by atoms with Gasteiger partial charge in [-0.1, -0.05) is 29.8 Å². The Labute approximate surface area is 108 Å². The van der Waals surface area contributed by atoms with Crippen molar-refractivity contribution in [3.8, 4) is 0 Å². The fourth-order valence-electron chi connectivity index (χ4n) is 1.46. The Balaban J connectivity index is 2.16. The Bertz CT molecular complexity index is 575. The Hall–Kier alpha value is -2.14. The van der Waals surface area contributed by atoms with Crippen molar-refractivity contribution in [3.05, 3.63) is 52.7 Å². The smallest absolute Gasteiger partial charge is 0.339 e. The second-order valence-corrected chi connectivity index (χ2v) is 3.95. The summed E-state index contributed by atoms with van der Waals surface area (Å²) < 4.78 is 0. The van der Waals surface area contributed by atoms with Crippen LogP contribution in [0.2, 0.25) is 5.02 Å². The highest BCUT2D eigenvalue weighted by atomic mass is 35.5. The van der Waals surface area contributed by atoms with Crippen molar-refractivity contribution in [2.45, 2.75) is 6.54 Å². The van der Waals surface area contributed by atoms with Crippen LogP contribution in [0.3, 0.4) is 0 Å². The third-order valence-corrected chi connectivity index (χ3v) is 2.72. The van der Waals surface area contributed by atoms with Gasteiger partial charge < -0.3 is 10.4 Å². The van der Waals surface area contributed by atoms with E-state index in [0.29, 0.717) is 11.6 Å². The second kappa shape index (κ2) is 5.46. The first-order valence-electron chi connectivity index (χ1n) is 5.20. The lowest BCUT2D eigenvalue weighted by molar-refractivity contribution is 0.0697. The predicted molar refractivity (Wildman–Crippen MR) is 67.8 cm³/mol. The zero-order chi connectivity index (χ0) is 13.0. The number of aromatic nitrogens is 2. The van der Waals surface area contributed by atoms with Crippen molar-refractivity contribution in [2.24, 2.45) is 0 Å². The summed E-state index contributed by atoms with van der Waals surface area (Å²) in [5, 5.41) is 19.9. The number of nitrogens with one attached hydrogen (secondary N) is 1. The molecule has 92 valence electrons. The molecule has 1 aromatic heterocycles. The summed E-state index contributed by atoms with van der Waals surface area (Å²) in [6.07, 6.45) is 1.34. The number of halogens is 1. The molecule has 0 aliphatic heterocycles. The van der Waals surface area contributed by atoms with Crippen molar-refractivity contribution >= 4 is 23.4 Å². The molecular formula is C12H10ClN3O2.